The van der Waals surface area contributed by atoms with Crippen LogP contribution in [0, 0.1) is 0 Å². The molecule has 1 aromatic rings. The van der Waals surface area contributed by atoms with Crippen LogP contribution in [0.25, 0.3) is 0 Å². The van der Waals surface area contributed by atoms with E-state index in [1.54, 1.807) is 25.3 Å². The first-order chi connectivity index (χ1) is 7.22. The smallest absolute Gasteiger partial charge is 0.173 e. The van der Waals surface area contributed by atoms with Crippen molar-refractivity contribution in [3.05, 3.63) is 23.8 Å². The molecule has 0 heterocycles. The fourth-order valence-corrected chi connectivity index (χ4v) is 1.52. The van der Waals surface area contributed by atoms with Crippen molar-refractivity contribution in [2.45, 2.75) is 6.92 Å². The summed E-state index contributed by atoms with van der Waals surface area (Å²) in [5.74, 6) is 1.27. The number of methoxy groups -OCH3 is 1. The average Bonchev–Trinajstić information content (AvgIpc) is 2.28. The third-order valence-electron chi connectivity index (χ3n) is 1.91. The molecule has 4 heteroatoms. The van der Waals surface area contributed by atoms with Crippen LogP contribution < -0.4 is 9.47 Å². The second-order valence-corrected chi connectivity index (χ2v) is 3.42. The normalized spacial score (nSPS) is 9.80. The van der Waals surface area contributed by atoms with E-state index in [-0.39, 0.29) is 5.78 Å². The molecule has 15 heavy (non-hydrogen) atoms. The molecule has 0 aliphatic carbocycles. The monoisotopic (exact) mass is 272 g/mol. The first kappa shape index (κ1) is 12.0. The Morgan fingerprint density at radius 1 is 1.40 bits per heavy atom. The van der Waals surface area contributed by atoms with E-state index in [1.165, 1.54) is 0 Å². The van der Waals surface area contributed by atoms with Crippen molar-refractivity contribution >= 4 is 21.7 Å². The average molecular weight is 273 g/mol. The van der Waals surface area contributed by atoms with Crippen LogP contribution in [0.2, 0.25) is 0 Å². The van der Waals surface area contributed by atoms with E-state index >= 15 is 0 Å². The molecule has 0 saturated heterocycles. The molecule has 0 fully saturated rings. The van der Waals surface area contributed by atoms with Crippen LogP contribution in [0.5, 0.6) is 11.5 Å². The van der Waals surface area contributed by atoms with Gasteiger partial charge in [0.2, 0.25) is 0 Å². The van der Waals surface area contributed by atoms with Gasteiger partial charge in [0, 0.05) is 5.56 Å². The van der Waals surface area contributed by atoms with Crippen molar-refractivity contribution in [2.24, 2.45) is 0 Å². The van der Waals surface area contributed by atoms with Crippen molar-refractivity contribution in [1.82, 2.24) is 0 Å². The summed E-state index contributed by atoms with van der Waals surface area (Å²) in [6.07, 6.45) is 0. The fourth-order valence-electron chi connectivity index (χ4n) is 1.20. The predicted molar refractivity (Wildman–Crippen MR) is 62.3 cm³/mol. The Hall–Kier alpha value is -1.03. The van der Waals surface area contributed by atoms with Crippen LogP contribution >= 0.6 is 15.9 Å². The lowest BCUT2D eigenvalue weighted by Gasteiger charge is -2.10. The molecule has 0 saturated carbocycles. The summed E-state index contributed by atoms with van der Waals surface area (Å²) < 4.78 is 10.5. The summed E-state index contributed by atoms with van der Waals surface area (Å²) in [5.41, 5.74) is 0.621. The van der Waals surface area contributed by atoms with Crippen LogP contribution in [0.1, 0.15) is 17.3 Å². The van der Waals surface area contributed by atoms with Crippen LogP contribution in [0.4, 0.5) is 0 Å². The molecule has 82 valence electrons. The highest BCUT2D eigenvalue weighted by Crippen LogP contribution is 2.28. The van der Waals surface area contributed by atoms with Crippen molar-refractivity contribution in [3.63, 3.8) is 0 Å². The number of hydrogen-bond acceptors (Lipinski definition) is 3. The van der Waals surface area contributed by atoms with E-state index in [9.17, 15) is 4.79 Å². The van der Waals surface area contributed by atoms with Gasteiger partial charge in [-0.2, -0.15) is 0 Å². The Bertz CT molecular complexity index is 350. The standard InChI is InChI=1S/C11H13BrO3/c1-3-15-11-6-8(9(13)7-12)4-5-10(11)14-2/h4-6H,3,7H2,1-2H3. The van der Waals surface area contributed by atoms with Gasteiger partial charge in [0.05, 0.1) is 19.0 Å². The molecule has 0 amide bonds. The summed E-state index contributed by atoms with van der Waals surface area (Å²) in [6, 6.07) is 5.16. The summed E-state index contributed by atoms with van der Waals surface area (Å²) >= 11 is 3.13. The van der Waals surface area contributed by atoms with Crippen LogP contribution in [-0.2, 0) is 0 Å². The maximum Gasteiger partial charge on any atom is 0.173 e. The zero-order valence-electron chi connectivity index (χ0n) is 8.75. The van der Waals surface area contributed by atoms with E-state index in [2.05, 4.69) is 15.9 Å². The highest BCUT2D eigenvalue weighted by Gasteiger charge is 2.09. The zero-order valence-corrected chi connectivity index (χ0v) is 10.3. The largest absolute Gasteiger partial charge is 0.493 e. The number of hydrogen-bond donors (Lipinski definition) is 0. The summed E-state index contributed by atoms with van der Waals surface area (Å²) in [5, 5.41) is 0.310. The van der Waals surface area contributed by atoms with Crippen molar-refractivity contribution in [3.8, 4) is 11.5 Å². The molecule has 0 aliphatic heterocycles. The van der Waals surface area contributed by atoms with Gasteiger partial charge < -0.3 is 9.47 Å². The number of alkyl halides is 1. The zero-order chi connectivity index (χ0) is 11.3. The van der Waals surface area contributed by atoms with E-state index in [0.29, 0.717) is 29.0 Å². The Morgan fingerprint density at radius 2 is 2.13 bits per heavy atom. The van der Waals surface area contributed by atoms with Gasteiger partial charge in [0.1, 0.15) is 0 Å². The summed E-state index contributed by atoms with van der Waals surface area (Å²) in [4.78, 5) is 11.4. The molecule has 0 unspecified atom stereocenters. The molecular weight excluding hydrogens is 260 g/mol. The van der Waals surface area contributed by atoms with Crippen LogP contribution in [0.15, 0.2) is 18.2 Å². The third-order valence-corrected chi connectivity index (χ3v) is 2.42. The fraction of sp³-hybridized carbons (Fsp3) is 0.364. The number of carbonyl (C=O) groups excluding carboxylic acids is 1. The van der Waals surface area contributed by atoms with Crippen LogP contribution in [0.3, 0.4) is 0 Å². The lowest BCUT2D eigenvalue weighted by atomic mass is 10.1. The molecule has 1 rings (SSSR count). The molecular formula is C11H13BrO3. The van der Waals surface area contributed by atoms with Gasteiger partial charge in [-0.3, -0.25) is 4.79 Å². The van der Waals surface area contributed by atoms with Crippen molar-refractivity contribution < 1.29 is 14.3 Å². The highest BCUT2D eigenvalue weighted by molar-refractivity contribution is 9.09. The minimum atomic E-state index is 0.0265. The number of carbonyl (C=O) groups is 1. The lowest BCUT2D eigenvalue weighted by Crippen LogP contribution is -2.02. The minimum Gasteiger partial charge on any atom is -0.493 e. The minimum absolute atomic E-state index is 0.0265. The Balaban J connectivity index is 3.04. The topological polar surface area (TPSA) is 35.5 Å². The third kappa shape index (κ3) is 2.96. The lowest BCUT2D eigenvalue weighted by molar-refractivity contribution is 0.102. The molecule has 0 N–H and O–H groups in total. The second kappa shape index (κ2) is 5.75. The molecule has 0 bridgehead atoms. The number of rotatable bonds is 5. The van der Waals surface area contributed by atoms with E-state index in [4.69, 9.17) is 9.47 Å². The van der Waals surface area contributed by atoms with Gasteiger partial charge in [0.25, 0.3) is 0 Å². The van der Waals surface area contributed by atoms with Gasteiger partial charge in [-0.1, -0.05) is 15.9 Å². The number of benzene rings is 1. The van der Waals surface area contributed by atoms with E-state index < -0.39 is 0 Å². The molecule has 0 radical (unpaired) electrons. The molecule has 0 aromatic heterocycles. The van der Waals surface area contributed by atoms with Crippen LogP contribution in [-0.4, -0.2) is 24.8 Å². The summed E-state index contributed by atoms with van der Waals surface area (Å²) in [7, 11) is 1.57. The maximum atomic E-state index is 11.4. The van der Waals surface area contributed by atoms with Gasteiger partial charge in [-0.25, -0.2) is 0 Å². The number of Topliss-reactive ketones (excluding diaryl/α,β-unsaturated/α-hetero) is 1. The second-order valence-electron chi connectivity index (χ2n) is 2.86. The SMILES string of the molecule is CCOc1cc(C(=O)CBr)ccc1OC. The van der Waals surface area contributed by atoms with E-state index in [0.717, 1.165) is 0 Å². The quantitative estimate of drug-likeness (QED) is 0.611. The predicted octanol–water partition coefficient (Wildman–Crippen LogP) is 2.67. The first-order valence-electron chi connectivity index (χ1n) is 4.63. The molecule has 3 nitrogen and oxygen atoms in total. The van der Waals surface area contributed by atoms with Gasteiger partial charge in [-0.15, -0.1) is 0 Å². The molecule has 0 atom stereocenters. The number of halogens is 1. The van der Waals surface area contributed by atoms with E-state index in [1.807, 2.05) is 6.92 Å². The first-order valence-corrected chi connectivity index (χ1v) is 5.75. The molecule has 0 spiro atoms. The number of ether oxygens (including phenoxy) is 2. The highest BCUT2D eigenvalue weighted by atomic mass is 79.9. The molecule has 0 aliphatic rings. The Kier molecular flexibility index (Phi) is 4.62. The van der Waals surface area contributed by atoms with Gasteiger partial charge in [0.15, 0.2) is 17.3 Å². The van der Waals surface area contributed by atoms with Crippen molar-refractivity contribution in [2.75, 3.05) is 19.0 Å². The number of ketones is 1. The van der Waals surface area contributed by atoms with Gasteiger partial charge >= 0.3 is 0 Å². The maximum absolute atomic E-state index is 11.4. The Labute approximate surface area is 97.5 Å². The molecule has 1 aromatic carbocycles. The summed E-state index contributed by atoms with van der Waals surface area (Å²) in [6.45, 7) is 2.43. The Morgan fingerprint density at radius 3 is 2.67 bits per heavy atom. The van der Waals surface area contributed by atoms with Gasteiger partial charge in [-0.05, 0) is 25.1 Å². The van der Waals surface area contributed by atoms with Crippen molar-refractivity contribution in [1.29, 1.82) is 0 Å².